The lowest BCUT2D eigenvalue weighted by Gasteiger charge is -2.11. The third-order valence-electron chi connectivity index (χ3n) is 3.20. The lowest BCUT2D eigenvalue weighted by Crippen LogP contribution is -2.26. The Labute approximate surface area is 130 Å². The molecule has 0 bridgehead atoms. The van der Waals surface area contributed by atoms with Gasteiger partial charge in [-0.15, -0.1) is 0 Å². The highest BCUT2D eigenvalue weighted by molar-refractivity contribution is 5.99. The molecule has 0 aliphatic carbocycles. The van der Waals surface area contributed by atoms with Crippen LogP contribution in [0.2, 0.25) is 0 Å². The van der Waals surface area contributed by atoms with Crippen LogP contribution in [0.4, 0.5) is 0 Å². The number of para-hydroxylation sites is 1. The number of aryl methyl sites for hydroxylation is 2. The van der Waals surface area contributed by atoms with Crippen molar-refractivity contribution >= 4 is 11.6 Å². The molecule has 0 radical (unpaired) electrons. The molecule has 0 spiro atoms. The van der Waals surface area contributed by atoms with Gasteiger partial charge in [-0.1, -0.05) is 18.2 Å². The van der Waals surface area contributed by atoms with Crippen molar-refractivity contribution in [3.8, 4) is 5.75 Å². The highest BCUT2D eigenvalue weighted by atomic mass is 16.5. The number of nitrogens with zero attached hydrogens (tertiary/aromatic N) is 2. The van der Waals surface area contributed by atoms with Crippen LogP contribution in [-0.4, -0.2) is 23.2 Å². The van der Waals surface area contributed by atoms with Crippen LogP contribution in [0.1, 0.15) is 23.6 Å². The van der Waals surface area contributed by atoms with Crippen molar-refractivity contribution in [3.05, 3.63) is 59.4 Å². The molecule has 2 aromatic rings. The van der Waals surface area contributed by atoms with Gasteiger partial charge in [-0.25, -0.2) is 5.43 Å². The van der Waals surface area contributed by atoms with Crippen LogP contribution < -0.4 is 10.2 Å². The zero-order valence-corrected chi connectivity index (χ0v) is 13.0. The molecule has 0 atom stereocenters. The van der Waals surface area contributed by atoms with E-state index in [9.17, 15) is 4.79 Å². The van der Waals surface area contributed by atoms with E-state index in [1.165, 1.54) is 0 Å². The second-order valence-electron chi connectivity index (χ2n) is 4.98. The predicted octanol–water partition coefficient (Wildman–Crippen LogP) is 2.62. The molecular formula is C17H19N3O2. The second kappa shape index (κ2) is 7.36. The molecule has 0 saturated heterocycles. The number of pyridine rings is 1. The normalized spacial score (nSPS) is 11.1. The van der Waals surface area contributed by atoms with Crippen molar-refractivity contribution < 1.29 is 9.53 Å². The minimum absolute atomic E-state index is 0.0706. The van der Waals surface area contributed by atoms with Crippen LogP contribution in [0.3, 0.4) is 0 Å². The van der Waals surface area contributed by atoms with Crippen molar-refractivity contribution in [2.24, 2.45) is 5.10 Å². The van der Waals surface area contributed by atoms with Gasteiger partial charge in [0.05, 0.1) is 5.71 Å². The van der Waals surface area contributed by atoms with Gasteiger partial charge in [0.15, 0.2) is 6.61 Å². The van der Waals surface area contributed by atoms with E-state index in [2.05, 4.69) is 15.5 Å². The van der Waals surface area contributed by atoms with E-state index in [0.717, 1.165) is 22.4 Å². The van der Waals surface area contributed by atoms with Crippen LogP contribution in [0.25, 0.3) is 0 Å². The Morgan fingerprint density at radius 3 is 2.45 bits per heavy atom. The summed E-state index contributed by atoms with van der Waals surface area (Å²) < 4.78 is 5.58. The molecule has 1 N–H and O–H groups in total. The highest BCUT2D eigenvalue weighted by Gasteiger charge is 2.07. The first kappa shape index (κ1) is 15.7. The van der Waals surface area contributed by atoms with Gasteiger partial charge in [0.25, 0.3) is 5.91 Å². The minimum Gasteiger partial charge on any atom is -0.483 e. The molecule has 5 heteroatoms. The van der Waals surface area contributed by atoms with Crippen LogP contribution in [0.5, 0.6) is 5.75 Å². The first-order chi connectivity index (χ1) is 10.6. The Kier molecular flexibility index (Phi) is 5.25. The minimum atomic E-state index is -0.295. The zero-order chi connectivity index (χ0) is 15.9. The third kappa shape index (κ3) is 4.15. The number of carbonyl (C=O) groups excluding carboxylic acids is 1. The average molecular weight is 297 g/mol. The smallest absolute Gasteiger partial charge is 0.277 e. The third-order valence-corrected chi connectivity index (χ3v) is 3.20. The van der Waals surface area contributed by atoms with E-state index in [0.29, 0.717) is 5.71 Å². The Morgan fingerprint density at radius 1 is 1.18 bits per heavy atom. The summed E-state index contributed by atoms with van der Waals surface area (Å²) in [5, 5.41) is 4.06. The van der Waals surface area contributed by atoms with Crippen LogP contribution in [0, 0.1) is 13.8 Å². The molecule has 22 heavy (non-hydrogen) atoms. The fourth-order valence-electron chi connectivity index (χ4n) is 2.00. The monoisotopic (exact) mass is 297 g/mol. The second-order valence-corrected chi connectivity index (χ2v) is 4.98. The summed E-state index contributed by atoms with van der Waals surface area (Å²) in [6, 6.07) is 9.52. The predicted molar refractivity (Wildman–Crippen MR) is 86.0 cm³/mol. The fourth-order valence-corrected chi connectivity index (χ4v) is 2.00. The molecule has 1 heterocycles. The molecule has 1 amide bonds. The maximum Gasteiger partial charge on any atom is 0.277 e. The SMILES string of the molecule is C/C(=N\NC(=O)COc1c(C)cccc1C)c1ccncc1. The van der Waals surface area contributed by atoms with Crippen molar-refractivity contribution in [2.75, 3.05) is 6.61 Å². The Hall–Kier alpha value is -2.69. The van der Waals surface area contributed by atoms with E-state index in [4.69, 9.17) is 4.74 Å². The van der Waals surface area contributed by atoms with E-state index in [-0.39, 0.29) is 12.5 Å². The highest BCUT2D eigenvalue weighted by Crippen LogP contribution is 2.21. The number of benzene rings is 1. The summed E-state index contributed by atoms with van der Waals surface area (Å²) in [7, 11) is 0. The van der Waals surface area contributed by atoms with Gasteiger partial charge in [0, 0.05) is 18.0 Å². The number of carbonyl (C=O) groups is 1. The summed E-state index contributed by atoms with van der Waals surface area (Å²) in [6.07, 6.45) is 3.36. The Bertz CT molecular complexity index is 661. The molecule has 1 aromatic heterocycles. The largest absolute Gasteiger partial charge is 0.483 e. The summed E-state index contributed by atoms with van der Waals surface area (Å²) in [6.45, 7) is 5.65. The number of aromatic nitrogens is 1. The maximum atomic E-state index is 11.8. The summed E-state index contributed by atoms with van der Waals surface area (Å²) in [5.41, 5.74) is 6.12. The summed E-state index contributed by atoms with van der Waals surface area (Å²) in [5.74, 6) is 0.448. The van der Waals surface area contributed by atoms with Crippen molar-refractivity contribution in [3.63, 3.8) is 0 Å². The molecule has 0 fully saturated rings. The number of amides is 1. The lowest BCUT2D eigenvalue weighted by atomic mass is 10.1. The Balaban J connectivity index is 1.91. The molecule has 2 rings (SSSR count). The number of ether oxygens (including phenoxy) is 1. The number of hydrogen-bond donors (Lipinski definition) is 1. The number of nitrogens with one attached hydrogen (secondary N) is 1. The van der Waals surface area contributed by atoms with Crippen LogP contribution >= 0.6 is 0 Å². The first-order valence-corrected chi connectivity index (χ1v) is 7.00. The molecular weight excluding hydrogens is 278 g/mol. The first-order valence-electron chi connectivity index (χ1n) is 7.00. The standard InChI is InChI=1S/C17H19N3O2/c1-12-5-4-6-13(2)17(12)22-11-16(21)20-19-14(3)15-7-9-18-10-8-15/h4-10H,11H2,1-3H3,(H,20,21)/b19-14+. The quantitative estimate of drug-likeness (QED) is 0.681. The average Bonchev–Trinajstić information content (AvgIpc) is 2.53. The fraction of sp³-hybridized carbons (Fsp3) is 0.235. The molecule has 0 saturated carbocycles. The molecule has 0 aliphatic rings. The zero-order valence-electron chi connectivity index (χ0n) is 13.0. The number of hydrazone groups is 1. The maximum absolute atomic E-state index is 11.8. The molecule has 0 unspecified atom stereocenters. The van der Waals surface area contributed by atoms with Gasteiger partial charge < -0.3 is 4.74 Å². The van der Waals surface area contributed by atoms with Gasteiger partial charge in [-0.05, 0) is 44.0 Å². The van der Waals surface area contributed by atoms with Gasteiger partial charge >= 0.3 is 0 Å². The topological polar surface area (TPSA) is 63.6 Å². The van der Waals surface area contributed by atoms with Gasteiger partial charge in [0.2, 0.25) is 0 Å². The van der Waals surface area contributed by atoms with Crippen molar-refractivity contribution in [1.29, 1.82) is 0 Å². The van der Waals surface area contributed by atoms with E-state index in [1.807, 2.05) is 51.1 Å². The van der Waals surface area contributed by atoms with Crippen LogP contribution in [-0.2, 0) is 4.79 Å². The van der Waals surface area contributed by atoms with Gasteiger partial charge in [-0.3, -0.25) is 9.78 Å². The van der Waals surface area contributed by atoms with E-state index >= 15 is 0 Å². The van der Waals surface area contributed by atoms with Crippen molar-refractivity contribution in [2.45, 2.75) is 20.8 Å². The molecule has 114 valence electrons. The summed E-state index contributed by atoms with van der Waals surface area (Å²) in [4.78, 5) is 15.8. The van der Waals surface area contributed by atoms with E-state index in [1.54, 1.807) is 12.4 Å². The Morgan fingerprint density at radius 2 is 1.82 bits per heavy atom. The number of hydrogen-bond acceptors (Lipinski definition) is 4. The lowest BCUT2D eigenvalue weighted by molar-refractivity contribution is -0.123. The number of rotatable bonds is 5. The molecule has 0 aliphatic heterocycles. The van der Waals surface area contributed by atoms with E-state index < -0.39 is 0 Å². The molecule has 5 nitrogen and oxygen atoms in total. The van der Waals surface area contributed by atoms with Crippen LogP contribution in [0.15, 0.2) is 47.8 Å². The summed E-state index contributed by atoms with van der Waals surface area (Å²) >= 11 is 0. The molecule has 1 aromatic carbocycles. The van der Waals surface area contributed by atoms with Crippen molar-refractivity contribution in [1.82, 2.24) is 10.4 Å². The van der Waals surface area contributed by atoms with Gasteiger partial charge in [-0.2, -0.15) is 5.10 Å². The van der Waals surface area contributed by atoms with Gasteiger partial charge in [0.1, 0.15) is 5.75 Å².